The van der Waals surface area contributed by atoms with Crippen molar-refractivity contribution in [3.8, 4) is 5.75 Å². The van der Waals surface area contributed by atoms with E-state index in [0.29, 0.717) is 13.1 Å². The van der Waals surface area contributed by atoms with E-state index < -0.39 is 0 Å². The summed E-state index contributed by atoms with van der Waals surface area (Å²) in [6.45, 7) is 4.46. The number of para-hydroxylation sites is 1. The Hall–Kier alpha value is -3.02. The molecule has 2 aromatic rings. The van der Waals surface area contributed by atoms with Crippen LogP contribution in [0.3, 0.4) is 0 Å². The molecule has 6 nitrogen and oxygen atoms in total. The second-order valence-electron chi connectivity index (χ2n) is 6.93. The van der Waals surface area contributed by atoms with Gasteiger partial charge in [-0.25, -0.2) is 0 Å². The zero-order valence-electron chi connectivity index (χ0n) is 16.4. The van der Waals surface area contributed by atoms with Gasteiger partial charge in [0, 0.05) is 38.8 Å². The first-order chi connectivity index (χ1) is 13.6. The molecular weight excluding hydrogens is 354 g/mol. The number of piperazine rings is 1. The molecule has 2 amide bonds. The summed E-state index contributed by atoms with van der Waals surface area (Å²) in [4.78, 5) is 28.7. The molecular formula is C22H27N3O3. The maximum atomic E-state index is 12.9. The fourth-order valence-electron chi connectivity index (χ4n) is 3.49. The Bertz CT molecular complexity index is 784. The zero-order valence-corrected chi connectivity index (χ0v) is 16.4. The maximum absolute atomic E-state index is 12.9. The second kappa shape index (κ2) is 9.26. The van der Waals surface area contributed by atoms with Crippen LogP contribution in [0.25, 0.3) is 0 Å². The first-order valence-corrected chi connectivity index (χ1v) is 9.55. The SMILES string of the molecule is COc1ccc(C(CC(=O)N2CCN(c3ccccc3)CC2)NC(C)=O)cc1. The number of nitrogens with zero attached hydrogens (tertiary/aromatic N) is 2. The molecule has 1 saturated heterocycles. The summed E-state index contributed by atoms with van der Waals surface area (Å²) in [6.07, 6.45) is 0.247. The van der Waals surface area contributed by atoms with Gasteiger partial charge in [-0.15, -0.1) is 0 Å². The minimum atomic E-state index is -0.344. The van der Waals surface area contributed by atoms with Gasteiger partial charge in [0.15, 0.2) is 0 Å². The molecule has 0 aromatic heterocycles. The minimum absolute atomic E-state index is 0.0577. The van der Waals surface area contributed by atoms with Crippen molar-refractivity contribution in [2.45, 2.75) is 19.4 Å². The lowest BCUT2D eigenvalue weighted by Crippen LogP contribution is -2.49. The van der Waals surface area contributed by atoms with Gasteiger partial charge in [0.05, 0.1) is 19.6 Å². The molecule has 1 atom stereocenters. The fraction of sp³-hybridized carbons (Fsp3) is 0.364. The normalized spacial score (nSPS) is 15.1. The molecule has 0 aliphatic carbocycles. The van der Waals surface area contributed by atoms with Crippen molar-refractivity contribution >= 4 is 17.5 Å². The van der Waals surface area contributed by atoms with Gasteiger partial charge in [-0.2, -0.15) is 0 Å². The number of carbonyl (C=O) groups excluding carboxylic acids is 2. The number of nitrogens with one attached hydrogen (secondary N) is 1. The van der Waals surface area contributed by atoms with Gasteiger partial charge in [-0.1, -0.05) is 30.3 Å². The lowest BCUT2D eigenvalue weighted by atomic mass is 10.0. The van der Waals surface area contributed by atoms with Crippen LogP contribution in [-0.4, -0.2) is 50.0 Å². The van der Waals surface area contributed by atoms with Crippen LogP contribution in [0.1, 0.15) is 24.9 Å². The average Bonchev–Trinajstić information content (AvgIpc) is 2.74. The quantitative estimate of drug-likeness (QED) is 0.836. The third kappa shape index (κ3) is 5.03. The average molecular weight is 381 g/mol. The molecule has 1 N–H and O–H groups in total. The van der Waals surface area contributed by atoms with Gasteiger partial charge < -0.3 is 19.9 Å². The third-order valence-electron chi connectivity index (χ3n) is 5.03. The van der Waals surface area contributed by atoms with E-state index in [-0.39, 0.29) is 24.3 Å². The Morgan fingerprint density at radius 1 is 1.00 bits per heavy atom. The molecule has 1 aliphatic rings. The standard InChI is InChI=1S/C22H27N3O3/c1-17(26)23-21(18-8-10-20(28-2)11-9-18)16-22(27)25-14-12-24(13-15-25)19-6-4-3-5-7-19/h3-11,21H,12-16H2,1-2H3,(H,23,26). The summed E-state index contributed by atoms with van der Waals surface area (Å²) in [7, 11) is 1.61. The zero-order chi connectivity index (χ0) is 19.9. The summed E-state index contributed by atoms with van der Waals surface area (Å²) in [5.41, 5.74) is 2.08. The maximum Gasteiger partial charge on any atom is 0.225 e. The highest BCUT2D eigenvalue weighted by Crippen LogP contribution is 2.22. The Labute approximate surface area is 166 Å². The topological polar surface area (TPSA) is 61.9 Å². The summed E-state index contributed by atoms with van der Waals surface area (Å²) in [5, 5.41) is 2.90. The highest BCUT2D eigenvalue weighted by Gasteiger charge is 2.25. The Morgan fingerprint density at radius 3 is 2.21 bits per heavy atom. The van der Waals surface area contributed by atoms with Crippen LogP contribution >= 0.6 is 0 Å². The number of carbonyl (C=O) groups is 2. The van der Waals surface area contributed by atoms with Crippen molar-refractivity contribution in [2.24, 2.45) is 0 Å². The summed E-state index contributed by atoms with van der Waals surface area (Å²) in [5.74, 6) is 0.651. The molecule has 1 unspecified atom stereocenters. The lowest BCUT2D eigenvalue weighted by Gasteiger charge is -2.36. The molecule has 28 heavy (non-hydrogen) atoms. The van der Waals surface area contributed by atoms with Gasteiger partial charge >= 0.3 is 0 Å². The van der Waals surface area contributed by atoms with E-state index in [1.54, 1.807) is 7.11 Å². The molecule has 1 aliphatic heterocycles. The van der Waals surface area contributed by atoms with E-state index in [4.69, 9.17) is 4.74 Å². The molecule has 0 spiro atoms. The third-order valence-corrected chi connectivity index (χ3v) is 5.03. The Morgan fingerprint density at radius 2 is 1.64 bits per heavy atom. The van der Waals surface area contributed by atoms with E-state index in [2.05, 4.69) is 22.3 Å². The van der Waals surface area contributed by atoms with Crippen LogP contribution in [0.4, 0.5) is 5.69 Å². The summed E-state index contributed by atoms with van der Waals surface area (Å²) in [6, 6.07) is 17.4. The van der Waals surface area contributed by atoms with Crippen molar-refractivity contribution in [2.75, 3.05) is 38.2 Å². The van der Waals surface area contributed by atoms with E-state index in [0.717, 1.165) is 24.4 Å². The molecule has 0 radical (unpaired) electrons. The van der Waals surface area contributed by atoms with E-state index >= 15 is 0 Å². The van der Waals surface area contributed by atoms with E-state index in [1.807, 2.05) is 47.4 Å². The minimum Gasteiger partial charge on any atom is -0.497 e. The highest BCUT2D eigenvalue weighted by molar-refractivity contribution is 5.79. The smallest absolute Gasteiger partial charge is 0.225 e. The fourth-order valence-corrected chi connectivity index (χ4v) is 3.49. The second-order valence-corrected chi connectivity index (χ2v) is 6.93. The number of hydrogen-bond donors (Lipinski definition) is 1. The monoisotopic (exact) mass is 381 g/mol. The molecule has 1 fully saturated rings. The van der Waals surface area contributed by atoms with Crippen molar-refractivity contribution in [1.82, 2.24) is 10.2 Å². The Balaban J connectivity index is 1.61. The number of amides is 2. The summed E-state index contributed by atoms with van der Waals surface area (Å²) >= 11 is 0. The summed E-state index contributed by atoms with van der Waals surface area (Å²) < 4.78 is 5.19. The molecule has 6 heteroatoms. The number of anilines is 1. The first-order valence-electron chi connectivity index (χ1n) is 9.55. The first kappa shape index (κ1) is 19.7. The lowest BCUT2D eigenvalue weighted by molar-refractivity contribution is -0.132. The van der Waals surface area contributed by atoms with Crippen LogP contribution in [0.2, 0.25) is 0 Å². The Kier molecular flexibility index (Phi) is 6.53. The van der Waals surface area contributed by atoms with Gasteiger partial charge in [0.2, 0.25) is 11.8 Å². The van der Waals surface area contributed by atoms with Crippen LogP contribution in [0.15, 0.2) is 54.6 Å². The van der Waals surface area contributed by atoms with Crippen LogP contribution in [-0.2, 0) is 9.59 Å². The van der Waals surface area contributed by atoms with E-state index in [9.17, 15) is 9.59 Å². The number of methoxy groups -OCH3 is 1. The molecule has 148 valence electrons. The number of ether oxygens (including phenoxy) is 1. The molecule has 0 saturated carbocycles. The van der Waals surface area contributed by atoms with Gasteiger partial charge in [0.25, 0.3) is 0 Å². The van der Waals surface area contributed by atoms with Crippen molar-refractivity contribution in [1.29, 1.82) is 0 Å². The van der Waals surface area contributed by atoms with Crippen molar-refractivity contribution < 1.29 is 14.3 Å². The van der Waals surface area contributed by atoms with Gasteiger partial charge in [0.1, 0.15) is 5.75 Å². The number of benzene rings is 2. The molecule has 3 rings (SSSR count). The highest BCUT2D eigenvalue weighted by atomic mass is 16.5. The van der Waals surface area contributed by atoms with Crippen LogP contribution in [0.5, 0.6) is 5.75 Å². The van der Waals surface area contributed by atoms with Gasteiger partial charge in [-0.05, 0) is 29.8 Å². The number of rotatable bonds is 6. The molecule has 1 heterocycles. The van der Waals surface area contributed by atoms with Crippen LogP contribution in [0, 0.1) is 0 Å². The van der Waals surface area contributed by atoms with Crippen molar-refractivity contribution in [3.05, 3.63) is 60.2 Å². The van der Waals surface area contributed by atoms with E-state index in [1.165, 1.54) is 12.6 Å². The largest absolute Gasteiger partial charge is 0.497 e. The predicted molar refractivity (Wildman–Crippen MR) is 109 cm³/mol. The predicted octanol–water partition coefficient (Wildman–Crippen LogP) is 2.61. The number of hydrogen-bond acceptors (Lipinski definition) is 4. The van der Waals surface area contributed by atoms with Crippen LogP contribution < -0.4 is 15.0 Å². The van der Waals surface area contributed by atoms with Crippen molar-refractivity contribution in [3.63, 3.8) is 0 Å². The molecule has 0 bridgehead atoms. The van der Waals surface area contributed by atoms with Gasteiger partial charge in [-0.3, -0.25) is 9.59 Å². The molecule has 2 aromatic carbocycles.